The molecular formula is C12H13BrN4. The number of aromatic nitrogens is 2. The molecule has 0 saturated carbocycles. The zero-order valence-electron chi connectivity index (χ0n) is 9.39. The summed E-state index contributed by atoms with van der Waals surface area (Å²) in [5.41, 5.74) is 5.77. The quantitative estimate of drug-likeness (QED) is 0.672. The number of hydrazine groups is 1. The molecule has 17 heavy (non-hydrogen) atoms. The summed E-state index contributed by atoms with van der Waals surface area (Å²) < 4.78 is 1.04. The van der Waals surface area contributed by atoms with Crippen molar-refractivity contribution in [2.45, 2.75) is 13.0 Å². The topological polar surface area (TPSA) is 63.8 Å². The molecule has 1 aromatic carbocycles. The molecule has 0 aliphatic heterocycles. The highest BCUT2D eigenvalue weighted by atomic mass is 79.9. The molecule has 0 aliphatic carbocycles. The molecule has 2 rings (SSSR count). The van der Waals surface area contributed by atoms with E-state index in [1.54, 1.807) is 18.6 Å². The Bertz CT molecular complexity index is 501. The third-order valence-corrected chi connectivity index (χ3v) is 3.66. The highest BCUT2D eigenvalue weighted by Crippen LogP contribution is 2.29. The molecule has 1 unspecified atom stereocenters. The van der Waals surface area contributed by atoms with Crippen LogP contribution in [0.2, 0.25) is 0 Å². The number of nitrogens with two attached hydrogens (primary N) is 1. The van der Waals surface area contributed by atoms with E-state index in [0.717, 1.165) is 21.3 Å². The normalized spacial score (nSPS) is 12.4. The highest BCUT2D eigenvalue weighted by Gasteiger charge is 2.17. The number of hydrogen-bond donors (Lipinski definition) is 2. The van der Waals surface area contributed by atoms with Crippen LogP contribution in [0.4, 0.5) is 0 Å². The maximum atomic E-state index is 5.62. The van der Waals surface area contributed by atoms with E-state index in [1.165, 1.54) is 0 Å². The first kappa shape index (κ1) is 12.2. The fraction of sp³-hybridized carbons (Fsp3) is 0.167. The first-order chi connectivity index (χ1) is 8.24. The molecule has 3 N–H and O–H groups in total. The predicted octanol–water partition coefficient (Wildman–Crippen LogP) is 2.10. The van der Waals surface area contributed by atoms with Gasteiger partial charge in [0.1, 0.15) is 0 Å². The Labute approximate surface area is 108 Å². The van der Waals surface area contributed by atoms with E-state index in [9.17, 15) is 0 Å². The van der Waals surface area contributed by atoms with Gasteiger partial charge in [0.05, 0.1) is 17.9 Å². The Morgan fingerprint density at radius 2 is 2.18 bits per heavy atom. The van der Waals surface area contributed by atoms with Crippen molar-refractivity contribution in [1.82, 2.24) is 15.4 Å². The van der Waals surface area contributed by atoms with Gasteiger partial charge in [0.2, 0.25) is 0 Å². The van der Waals surface area contributed by atoms with Gasteiger partial charge < -0.3 is 0 Å². The van der Waals surface area contributed by atoms with E-state index in [1.807, 2.05) is 25.1 Å². The second-order valence-electron chi connectivity index (χ2n) is 3.71. The summed E-state index contributed by atoms with van der Waals surface area (Å²) in [4.78, 5) is 8.33. The van der Waals surface area contributed by atoms with Crippen molar-refractivity contribution in [3.8, 4) is 0 Å². The van der Waals surface area contributed by atoms with Gasteiger partial charge in [-0.15, -0.1) is 0 Å². The summed E-state index contributed by atoms with van der Waals surface area (Å²) in [6, 6.07) is 5.88. The Morgan fingerprint density at radius 3 is 2.82 bits per heavy atom. The van der Waals surface area contributed by atoms with E-state index in [-0.39, 0.29) is 6.04 Å². The van der Waals surface area contributed by atoms with Crippen molar-refractivity contribution >= 4 is 15.9 Å². The minimum absolute atomic E-state index is 0.169. The van der Waals surface area contributed by atoms with Gasteiger partial charge in [0.25, 0.3) is 0 Å². The summed E-state index contributed by atoms with van der Waals surface area (Å²) in [5, 5.41) is 0. The SMILES string of the molecule is Cc1cccc(C(NN)c2cnccn2)c1Br. The molecule has 0 aliphatic rings. The fourth-order valence-corrected chi connectivity index (χ4v) is 2.18. The number of rotatable bonds is 3. The van der Waals surface area contributed by atoms with Crippen LogP contribution in [0, 0.1) is 6.92 Å². The van der Waals surface area contributed by atoms with E-state index in [4.69, 9.17) is 5.84 Å². The highest BCUT2D eigenvalue weighted by molar-refractivity contribution is 9.10. The van der Waals surface area contributed by atoms with Crippen molar-refractivity contribution in [3.05, 3.63) is 58.1 Å². The maximum Gasteiger partial charge on any atom is 0.0908 e. The monoisotopic (exact) mass is 292 g/mol. The smallest absolute Gasteiger partial charge is 0.0908 e. The Hall–Kier alpha value is -1.30. The van der Waals surface area contributed by atoms with Gasteiger partial charge in [-0.05, 0) is 18.1 Å². The van der Waals surface area contributed by atoms with E-state index >= 15 is 0 Å². The van der Waals surface area contributed by atoms with E-state index in [2.05, 4.69) is 31.3 Å². The Balaban J connectivity index is 2.46. The van der Waals surface area contributed by atoms with Crippen LogP contribution in [0.3, 0.4) is 0 Å². The minimum Gasteiger partial charge on any atom is -0.271 e. The van der Waals surface area contributed by atoms with Crippen molar-refractivity contribution in [1.29, 1.82) is 0 Å². The molecule has 1 heterocycles. The van der Waals surface area contributed by atoms with Crippen molar-refractivity contribution in [3.63, 3.8) is 0 Å². The molecule has 88 valence electrons. The molecule has 5 heteroatoms. The van der Waals surface area contributed by atoms with Crippen molar-refractivity contribution in [2.24, 2.45) is 5.84 Å². The largest absolute Gasteiger partial charge is 0.271 e. The molecular weight excluding hydrogens is 280 g/mol. The van der Waals surface area contributed by atoms with Crippen LogP contribution in [0.25, 0.3) is 0 Å². The lowest BCUT2D eigenvalue weighted by Crippen LogP contribution is -2.30. The average molecular weight is 293 g/mol. The predicted molar refractivity (Wildman–Crippen MR) is 70.1 cm³/mol. The van der Waals surface area contributed by atoms with E-state index < -0.39 is 0 Å². The van der Waals surface area contributed by atoms with Gasteiger partial charge in [-0.3, -0.25) is 15.8 Å². The average Bonchev–Trinajstić information content (AvgIpc) is 2.37. The Morgan fingerprint density at radius 1 is 1.35 bits per heavy atom. The molecule has 0 amide bonds. The number of hydrogen-bond acceptors (Lipinski definition) is 4. The lowest BCUT2D eigenvalue weighted by Gasteiger charge is -2.17. The van der Waals surface area contributed by atoms with Gasteiger partial charge in [-0.2, -0.15) is 0 Å². The molecule has 0 fully saturated rings. The summed E-state index contributed by atoms with van der Waals surface area (Å²) >= 11 is 3.58. The molecule has 1 atom stereocenters. The number of benzene rings is 1. The first-order valence-corrected chi connectivity index (χ1v) is 6.00. The van der Waals surface area contributed by atoms with Gasteiger partial charge in [-0.1, -0.05) is 34.1 Å². The third kappa shape index (κ3) is 2.52. The van der Waals surface area contributed by atoms with Crippen LogP contribution >= 0.6 is 15.9 Å². The molecule has 0 spiro atoms. The number of nitrogens with one attached hydrogen (secondary N) is 1. The van der Waals surface area contributed by atoms with Gasteiger partial charge >= 0.3 is 0 Å². The van der Waals surface area contributed by atoms with Crippen LogP contribution < -0.4 is 11.3 Å². The molecule has 0 radical (unpaired) electrons. The van der Waals surface area contributed by atoms with Crippen LogP contribution in [-0.4, -0.2) is 9.97 Å². The number of halogens is 1. The lowest BCUT2D eigenvalue weighted by molar-refractivity contribution is 0.615. The van der Waals surface area contributed by atoms with Crippen LogP contribution in [0.1, 0.15) is 22.9 Å². The summed E-state index contributed by atoms with van der Waals surface area (Å²) in [6.07, 6.45) is 5.01. The van der Waals surface area contributed by atoms with Crippen molar-refractivity contribution in [2.75, 3.05) is 0 Å². The zero-order chi connectivity index (χ0) is 12.3. The summed E-state index contributed by atoms with van der Waals surface area (Å²) in [7, 11) is 0. The number of nitrogens with zero attached hydrogens (tertiary/aromatic N) is 2. The zero-order valence-corrected chi connectivity index (χ0v) is 11.0. The standard InChI is InChI=1S/C12H13BrN4/c1-8-3-2-4-9(11(8)13)12(17-14)10-7-15-5-6-16-10/h2-7,12,17H,14H2,1H3. The van der Waals surface area contributed by atoms with Gasteiger partial charge in [0.15, 0.2) is 0 Å². The van der Waals surface area contributed by atoms with Crippen LogP contribution in [0.15, 0.2) is 41.3 Å². The first-order valence-electron chi connectivity index (χ1n) is 5.21. The summed E-state index contributed by atoms with van der Waals surface area (Å²) in [6.45, 7) is 2.04. The number of aryl methyl sites for hydroxylation is 1. The van der Waals surface area contributed by atoms with Gasteiger partial charge in [0, 0.05) is 16.9 Å². The lowest BCUT2D eigenvalue weighted by atomic mass is 10.0. The third-order valence-electron chi connectivity index (χ3n) is 2.58. The molecule has 0 saturated heterocycles. The molecule has 0 bridgehead atoms. The van der Waals surface area contributed by atoms with Crippen molar-refractivity contribution < 1.29 is 0 Å². The Kier molecular flexibility index (Phi) is 3.83. The second-order valence-corrected chi connectivity index (χ2v) is 4.50. The minimum atomic E-state index is -0.169. The maximum absolute atomic E-state index is 5.62. The second kappa shape index (κ2) is 5.35. The summed E-state index contributed by atoms with van der Waals surface area (Å²) in [5.74, 6) is 5.62. The van der Waals surface area contributed by atoms with E-state index in [0.29, 0.717) is 0 Å². The molecule has 4 nitrogen and oxygen atoms in total. The molecule has 2 aromatic rings. The van der Waals surface area contributed by atoms with Crippen LogP contribution in [0.5, 0.6) is 0 Å². The van der Waals surface area contributed by atoms with Crippen LogP contribution in [-0.2, 0) is 0 Å². The van der Waals surface area contributed by atoms with Gasteiger partial charge in [-0.25, -0.2) is 5.43 Å². The molecule has 1 aromatic heterocycles. The fourth-order valence-electron chi connectivity index (χ4n) is 1.69.